The van der Waals surface area contributed by atoms with Gasteiger partial charge < -0.3 is 4.57 Å². The Kier molecular flexibility index (Phi) is 4.69. The Balaban J connectivity index is 1.57. The Labute approximate surface area is 157 Å². The van der Waals surface area contributed by atoms with Crippen molar-refractivity contribution in [1.82, 2.24) is 9.47 Å². The number of nitrogens with zero attached hydrogens (tertiary/aromatic N) is 2. The van der Waals surface area contributed by atoms with Crippen molar-refractivity contribution in [3.05, 3.63) is 94.3 Å². The number of benzene rings is 2. The molecule has 0 fully saturated rings. The highest BCUT2D eigenvalue weighted by atomic mass is 15.1. The smallest absolute Gasteiger partial charge is 0.0475 e. The molecule has 0 N–H and O–H groups in total. The van der Waals surface area contributed by atoms with E-state index in [4.69, 9.17) is 0 Å². The van der Waals surface area contributed by atoms with Gasteiger partial charge in [-0.1, -0.05) is 67.1 Å². The van der Waals surface area contributed by atoms with Crippen molar-refractivity contribution < 1.29 is 0 Å². The molecule has 1 aromatic heterocycles. The van der Waals surface area contributed by atoms with E-state index in [1.165, 1.54) is 33.6 Å². The fourth-order valence-corrected chi connectivity index (χ4v) is 4.30. The van der Waals surface area contributed by atoms with Gasteiger partial charge in [-0.25, -0.2) is 0 Å². The van der Waals surface area contributed by atoms with Crippen LogP contribution in [0, 0.1) is 13.8 Å². The lowest BCUT2D eigenvalue weighted by Crippen LogP contribution is -2.33. The first-order valence-electron chi connectivity index (χ1n) is 9.61. The van der Waals surface area contributed by atoms with Crippen LogP contribution >= 0.6 is 0 Å². The second kappa shape index (κ2) is 7.13. The highest BCUT2D eigenvalue weighted by molar-refractivity contribution is 5.34. The molecular weight excluding hydrogens is 316 g/mol. The molecule has 1 aliphatic heterocycles. The highest BCUT2D eigenvalue weighted by Gasteiger charge is 2.26. The average Bonchev–Trinajstić information content (AvgIpc) is 2.93. The van der Waals surface area contributed by atoms with Gasteiger partial charge >= 0.3 is 0 Å². The lowest BCUT2D eigenvalue weighted by molar-refractivity contribution is 0.223. The van der Waals surface area contributed by atoms with Crippen LogP contribution < -0.4 is 0 Å². The molecule has 26 heavy (non-hydrogen) atoms. The zero-order valence-electron chi connectivity index (χ0n) is 16.1. The molecule has 0 saturated heterocycles. The predicted octanol–water partition coefficient (Wildman–Crippen LogP) is 5.27. The summed E-state index contributed by atoms with van der Waals surface area (Å²) < 4.78 is 2.53. The Morgan fingerprint density at radius 2 is 1.58 bits per heavy atom. The molecule has 2 nitrogen and oxygen atoms in total. The molecule has 2 heterocycles. The summed E-state index contributed by atoms with van der Waals surface area (Å²) in [4.78, 5) is 2.58. The molecule has 0 aliphatic carbocycles. The Hall–Kier alpha value is -2.32. The minimum atomic E-state index is 0.557. The van der Waals surface area contributed by atoms with Crippen molar-refractivity contribution in [1.29, 1.82) is 0 Å². The van der Waals surface area contributed by atoms with E-state index in [0.717, 1.165) is 26.2 Å². The molecule has 2 heteroatoms. The molecule has 0 radical (unpaired) electrons. The van der Waals surface area contributed by atoms with Gasteiger partial charge in [0.15, 0.2) is 0 Å². The number of hydrogen-bond acceptors (Lipinski definition) is 1. The zero-order valence-corrected chi connectivity index (χ0v) is 16.1. The van der Waals surface area contributed by atoms with Crippen molar-refractivity contribution in [3.8, 4) is 0 Å². The lowest BCUT2D eigenvalue weighted by Gasteiger charge is -2.32. The quantitative estimate of drug-likeness (QED) is 0.626. The molecule has 0 saturated carbocycles. The van der Waals surface area contributed by atoms with Crippen LogP contribution in [0.3, 0.4) is 0 Å². The van der Waals surface area contributed by atoms with Crippen LogP contribution in [0.15, 0.2) is 60.7 Å². The fraction of sp³-hybridized carbons (Fsp3) is 0.333. The zero-order chi connectivity index (χ0) is 18.1. The Morgan fingerprint density at radius 3 is 2.31 bits per heavy atom. The standard InChI is InChI=1S/C24H28N2/c1-18-9-11-22(12-10-18)16-26-20(3)13-23-17-25(14-19(2)24(23)26)15-21-7-5-4-6-8-21/h4-13,19H,14-17H2,1-3H3. The summed E-state index contributed by atoms with van der Waals surface area (Å²) in [7, 11) is 0. The molecule has 1 aliphatic rings. The first-order chi connectivity index (χ1) is 12.6. The van der Waals surface area contributed by atoms with E-state index in [9.17, 15) is 0 Å². The maximum Gasteiger partial charge on any atom is 0.0475 e. The number of aryl methyl sites for hydroxylation is 2. The highest BCUT2D eigenvalue weighted by Crippen LogP contribution is 2.32. The molecule has 2 aromatic carbocycles. The third-order valence-corrected chi connectivity index (χ3v) is 5.53. The molecule has 1 atom stereocenters. The summed E-state index contributed by atoms with van der Waals surface area (Å²) in [5.41, 5.74) is 8.53. The summed E-state index contributed by atoms with van der Waals surface area (Å²) >= 11 is 0. The third-order valence-electron chi connectivity index (χ3n) is 5.53. The maximum absolute atomic E-state index is 2.58. The van der Waals surface area contributed by atoms with Crippen molar-refractivity contribution in [3.63, 3.8) is 0 Å². The van der Waals surface area contributed by atoms with Crippen molar-refractivity contribution >= 4 is 0 Å². The SMILES string of the molecule is Cc1ccc(Cn2c(C)cc3c2C(C)CN(Cc2ccccc2)C3)cc1. The van der Waals surface area contributed by atoms with Gasteiger partial charge in [0.25, 0.3) is 0 Å². The van der Waals surface area contributed by atoms with Crippen LogP contribution in [0.4, 0.5) is 0 Å². The summed E-state index contributed by atoms with van der Waals surface area (Å²) in [5, 5.41) is 0. The predicted molar refractivity (Wildman–Crippen MR) is 108 cm³/mol. The van der Waals surface area contributed by atoms with Gasteiger partial charge in [0.05, 0.1) is 0 Å². The molecule has 0 bridgehead atoms. The van der Waals surface area contributed by atoms with E-state index in [1.807, 2.05) is 0 Å². The maximum atomic E-state index is 2.58. The number of aromatic nitrogens is 1. The molecule has 0 amide bonds. The molecule has 1 unspecified atom stereocenters. The van der Waals surface area contributed by atoms with Gasteiger partial charge in [-0.15, -0.1) is 0 Å². The second-order valence-electron chi connectivity index (χ2n) is 7.82. The van der Waals surface area contributed by atoms with Crippen LogP contribution in [0.25, 0.3) is 0 Å². The topological polar surface area (TPSA) is 8.17 Å². The average molecular weight is 345 g/mol. The van der Waals surface area contributed by atoms with Gasteiger partial charge in [-0.3, -0.25) is 4.90 Å². The lowest BCUT2D eigenvalue weighted by atomic mass is 9.97. The summed E-state index contributed by atoms with van der Waals surface area (Å²) in [6.07, 6.45) is 0. The summed E-state index contributed by atoms with van der Waals surface area (Å²) in [5.74, 6) is 0.557. The largest absolute Gasteiger partial charge is 0.344 e. The third kappa shape index (κ3) is 3.47. The monoisotopic (exact) mass is 344 g/mol. The Bertz CT molecular complexity index is 875. The van der Waals surface area contributed by atoms with Crippen LogP contribution in [-0.4, -0.2) is 16.0 Å². The van der Waals surface area contributed by atoms with E-state index in [1.54, 1.807) is 0 Å². The molecule has 134 valence electrons. The van der Waals surface area contributed by atoms with Gasteiger partial charge in [-0.05, 0) is 36.6 Å². The minimum Gasteiger partial charge on any atom is -0.344 e. The van der Waals surface area contributed by atoms with Crippen molar-refractivity contribution in [2.75, 3.05) is 6.54 Å². The van der Waals surface area contributed by atoms with Crippen molar-refractivity contribution in [2.24, 2.45) is 0 Å². The normalized spacial score (nSPS) is 17.3. The van der Waals surface area contributed by atoms with Crippen LogP contribution in [0.2, 0.25) is 0 Å². The van der Waals surface area contributed by atoms with E-state index in [0.29, 0.717) is 5.92 Å². The minimum absolute atomic E-state index is 0.557. The number of fused-ring (bicyclic) bond motifs is 1. The second-order valence-corrected chi connectivity index (χ2v) is 7.82. The van der Waals surface area contributed by atoms with Gasteiger partial charge in [0, 0.05) is 43.5 Å². The Morgan fingerprint density at radius 1 is 0.885 bits per heavy atom. The molecule has 3 aromatic rings. The van der Waals surface area contributed by atoms with Crippen LogP contribution in [0.5, 0.6) is 0 Å². The number of hydrogen-bond donors (Lipinski definition) is 0. The first kappa shape index (κ1) is 17.1. The van der Waals surface area contributed by atoms with E-state index < -0.39 is 0 Å². The molecular formula is C24H28N2. The van der Waals surface area contributed by atoms with E-state index in [2.05, 4.69) is 90.9 Å². The summed E-state index contributed by atoms with van der Waals surface area (Å²) in [6.45, 7) is 11.0. The van der Waals surface area contributed by atoms with Gasteiger partial charge in [0.1, 0.15) is 0 Å². The molecule has 0 spiro atoms. The molecule has 4 rings (SSSR count). The van der Waals surface area contributed by atoms with Crippen LogP contribution in [-0.2, 0) is 19.6 Å². The van der Waals surface area contributed by atoms with Gasteiger partial charge in [0.2, 0.25) is 0 Å². The summed E-state index contributed by atoms with van der Waals surface area (Å²) in [6, 6.07) is 22.2. The first-order valence-corrected chi connectivity index (χ1v) is 9.61. The van der Waals surface area contributed by atoms with Gasteiger partial charge in [-0.2, -0.15) is 0 Å². The number of rotatable bonds is 4. The van der Waals surface area contributed by atoms with Crippen molar-refractivity contribution in [2.45, 2.75) is 46.3 Å². The van der Waals surface area contributed by atoms with E-state index in [-0.39, 0.29) is 0 Å². The fourth-order valence-electron chi connectivity index (χ4n) is 4.30. The van der Waals surface area contributed by atoms with E-state index >= 15 is 0 Å². The van der Waals surface area contributed by atoms with Crippen LogP contribution in [0.1, 0.15) is 46.5 Å².